The van der Waals surface area contributed by atoms with Crippen molar-refractivity contribution >= 4 is 21.6 Å². The van der Waals surface area contributed by atoms with Gasteiger partial charge in [-0.1, -0.05) is 6.07 Å². The van der Waals surface area contributed by atoms with E-state index in [1.165, 1.54) is 0 Å². The maximum atomic E-state index is 4.24. The second-order valence-electron chi connectivity index (χ2n) is 3.14. The van der Waals surface area contributed by atoms with Gasteiger partial charge in [-0.15, -0.1) is 0 Å². The van der Waals surface area contributed by atoms with E-state index in [0.717, 1.165) is 15.9 Å². The van der Waals surface area contributed by atoms with Gasteiger partial charge in [0.1, 0.15) is 11.5 Å². The molecule has 0 N–H and O–H groups in total. The lowest BCUT2D eigenvalue weighted by atomic mass is 10.4. The summed E-state index contributed by atoms with van der Waals surface area (Å²) >= 11 is 3.38. The topological polar surface area (TPSA) is 35.1 Å². The summed E-state index contributed by atoms with van der Waals surface area (Å²) in [6.45, 7) is 0. The Labute approximate surface area is 94.3 Å². The molecule has 74 valence electrons. The largest absolute Gasteiger partial charge is 0.284 e. The highest BCUT2D eigenvalue weighted by Gasteiger charge is 2.03. The minimum Gasteiger partial charge on any atom is -0.284 e. The molecular formula is C10H7BrN4. The zero-order chi connectivity index (χ0) is 10.3. The van der Waals surface area contributed by atoms with Crippen LogP contribution in [0.4, 0.5) is 0 Å². The van der Waals surface area contributed by atoms with Crippen LogP contribution in [0.25, 0.3) is 11.5 Å². The Balaban J connectivity index is 2.30. The first-order valence-corrected chi connectivity index (χ1v) is 5.26. The Bertz CT molecular complexity index is 610. The van der Waals surface area contributed by atoms with Crippen molar-refractivity contribution in [2.45, 2.75) is 0 Å². The van der Waals surface area contributed by atoms with Crippen LogP contribution in [0, 0.1) is 0 Å². The molecule has 0 unspecified atom stereocenters. The van der Waals surface area contributed by atoms with E-state index in [1.807, 2.05) is 35.0 Å². The third-order valence-electron chi connectivity index (χ3n) is 2.19. The van der Waals surface area contributed by atoms with Gasteiger partial charge in [0.05, 0.1) is 10.7 Å². The van der Waals surface area contributed by atoms with Crippen LogP contribution in [0.3, 0.4) is 0 Å². The Kier molecular flexibility index (Phi) is 1.85. The number of imidazole rings is 1. The summed E-state index contributed by atoms with van der Waals surface area (Å²) in [6.07, 6.45) is 7.36. The lowest BCUT2D eigenvalue weighted by Gasteiger charge is -2.03. The molecule has 3 aromatic heterocycles. The van der Waals surface area contributed by atoms with Gasteiger partial charge < -0.3 is 0 Å². The molecule has 0 saturated carbocycles. The first-order valence-electron chi connectivity index (χ1n) is 4.47. The smallest absolute Gasteiger partial charge is 0.139 e. The number of hydrogen-bond donors (Lipinski definition) is 0. The fourth-order valence-corrected chi connectivity index (χ4v) is 1.83. The van der Waals surface area contributed by atoms with Crippen molar-refractivity contribution in [2.24, 2.45) is 0 Å². The van der Waals surface area contributed by atoms with E-state index < -0.39 is 0 Å². The van der Waals surface area contributed by atoms with Crippen LogP contribution in [-0.2, 0) is 0 Å². The molecule has 0 aliphatic carbocycles. The van der Waals surface area contributed by atoms with Crippen LogP contribution in [0.15, 0.2) is 47.5 Å². The van der Waals surface area contributed by atoms with Crippen molar-refractivity contribution in [1.82, 2.24) is 19.2 Å². The summed E-state index contributed by atoms with van der Waals surface area (Å²) in [5.74, 6) is 0.968. The van der Waals surface area contributed by atoms with Crippen LogP contribution in [0.5, 0.6) is 0 Å². The van der Waals surface area contributed by atoms with Crippen LogP contribution in [0.2, 0.25) is 0 Å². The van der Waals surface area contributed by atoms with Crippen molar-refractivity contribution in [3.63, 3.8) is 0 Å². The molecule has 0 saturated heterocycles. The van der Waals surface area contributed by atoms with Crippen molar-refractivity contribution in [1.29, 1.82) is 0 Å². The second kappa shape index (κ2) is 3.20. The molecular weight excluding hydrogens is 256 g/mol. The molecule has 3 rings (SSSR count). The highest BCUT2D eigenvalue weighted by atomic mass is 79.9. The number of halogens is 1. The first-order chi connectivity index (χ1) is 7.34. The van der Waals surface area contributed by atoms with Crippen molar-refractivity contribution in [2.75, 3.05) is 0 Å². The normalized spacial score (nSPS) is 11.0. The summed E-state index contributed by atoms with van der Waals surface area (Å²) in [4.78, 5) is 4.22. The van der Waals surface area contributed by atoms with E-state index >= 15 is 0 Å². The highest BCUT2D eigenvalue weighted by Crippen LogP contribution is 2.13. The van der Waals surface area contributed by atoms with Crippen molar-refractivity contribution < 1.29 is 0 Å². The Morgan fingerprint density at radius 1 is 1.27 bits per heavy atom. The average Bonchev–Trinajstić information content (AvgIpc) is 2.84. The molecule has 0 aromatic carbocycles. The summed E-state index contributed by atoms with van der Waals surface area (Å²) in [5, 5.41) is 4.24. The Morgan fingerprint density at radius 2 is 2.20 bits per heavy atom. The standard InChI is InChI=1S/C10H7BrN4/c11-8-6-13-15(7-8)10-3-1-2-9-12-4-5-14(9)10/h1-7H. The lowest BCUT2D eigenvalue weighted by Crippen LogP contribution is -2.01. The fourth-order valence-electron chi connectivity index (χ4n) is 1.55. The van der Waals surface area contributed by atoms with Crippen molar-refractivity contribution in [3.8, 4) is 5.82 Å². The fraction of sp³-hybridized carbons (Fsp3) is 0. The van der Waals surface area contributed by atoms with Gasteiger partial charge in [-0.3, -0.25) is 4.40 Å². The quantitative estimate of drug-likeness (QED) is 0.675. The van der Waals surface area contributed by atoms with Crippen LogP contribution in [-0.4, -0.2) is 19.2 Å². The zero-order valence-electron chi connectivity index (χ0n) is 7.71. The maximum absolute atomic E-state index is 4.24. The molecule has 0 radical (unpaired) electrons. The molecule has 15 heavy (non-hydrogen) atoms. The SMILES string of the molecule is Brc1cnn(-c2cccc3nccn23)c1. The molecule has 4 nitrogen and oxygen atoms in total. The number of pyridine rings is 1. The second-order valence-corrected chi connectivity index (χ2v) is 4.06. The van der Waals surface area contributed by atoms with E-state index in [2.05, 4.69) is 26.0 Å². The number of hydrogen-bond acceptors (Lipinski definition) is 2. The molecule has 5 heteroatoms. The van der Waals surface area contributed by atoms with Gasteiger partial charge in [0.15, 0.2) is 0 Å². The van der Waals surface area contributed by atoms with Gasteiger partial charge in [0.2, 0.25) is 0 Å². The van der Waals surface area contributed by atoms with Gasteiger partial charge in [0.25, 0.3) is 0 Å². The minimum atomic E-state index is 0.916. The number of nitrogens with zero attached hydrogens (tertiary/aromatic N) is 4. The summed E-state index contributed by atoms with van der Waals surface area (Å²) in [6, 6.07) is 5.92. The van der Waals surface area contributed by atoms with Gasteiger partial charge in [-0.05, 0) is 28.1 Å². The number of aromatic nitrogens is 4. The molecule has 0 aliphatic heterocycles. The third-order valence-corrected chi connectivity index (χ3v) is 2.60. The summed E-state index contributed by atoms with van der Waals surface area (Å²) in [7, 11) is 0. The maximum Gasteiger partial charge on any atom is 0.139 e. The predicted molar refractivity (Wildman–Crippen MR) is 60.0 cm³/mol. The number of fused-ring (bicyclic) bond motifs is 1. The third kappa shape index (κ3) is 1.35. The molecule has 0 amide bonds. The highest BCUT2D eigenvalue weighted by molar-refractivity contribution is 9.10. The zero-order valence-corrected chi connectivity index (χ0v) is 9.29. The molecule has 0 spiro atoms. The molecule has 0 aliphatic rings. The van der Waals surface area contributed by atoms with E-state index in [-0.39, 0.29) is 0 Å². The lowest BCUT2D eigenvalue weighted by molar-refractivity contribution is 0.829. The molecule has 0 atom stereocenters. The van der Waals surface area contributed by atoms with Crippen LogP contribution < -0.4 is 0 Å². The minimum absolute atomic E-state index is 0.916. The van der Waals surface area contributed by atoms with E-state index in [9.17, 15) is 0 Å². The monoisotopic (exact) mass is 262 g/mol. The van der Waals surface area contributed by atoms with Crippen LogP contribution >= 0.6 is 15.9 Å². The van der Waals surface area contributed by atoms with Gasteiger partial charge >= 0.3 is 0 Å². The Morgan fingerprint density at radius 3 is 3.00 bits per heavy atom. The molecule has 3 aromatic rings. The number of rotatable bonds is 1. The molecule has 0 bridgehead atoms. The Hall–Kier alpha value is -1.62. The van der Waals surface area contributed by atoms with E-state index in [1.54, 1.807) is 17.1 Å². The first kappa shape index (κ1) is 8.67. The van der Waals surface area contributed by atoms with Gasteiger partial charge in [-0.2, -0.15) is 5.10 Å². The molecule has 0 fully saturated rings. The predicted octanol–water partition coefficient (Wildman–Crippen LogP) is 2.28. The van der Waals surface area contributed by atoms with Crippen LogP contribution in [0.1, 0.15) is 0 Å². The van der Waals surface area contributed by atoms with Gasteiger partial charge in [-0.25, -0.2) is 9.67 Å². The van der Waals surface area contributed by atoms with E-state index in [4.69, 9.17) is 0 Å². The van der Waals surface area contributed by atoms with Crippen molar-refractivity contribution in [3.05, 3.63) is 47.5 Å². The van der Waals surface area contributed by atoms with E-state index in [0.29, 0.717) is 0 Å². The van der Waals surface area contributed by atoms with Gasteiger partial charge in [0, 0.05) is 18.6 Å². The average molecular weight is 263 g/mol. The molecule has 3 heterocycles. The summed E-state index contributed by atoms with van der Waals surface area (Å²) < 4.78 is 4.75. The summed E-state index contributed by atoms with van der Waals surface area (Å²) in [5.41, 5.74) is 0.916.